The number of carbonyl (C=O) groups excluding carboxylic acids is 1. The van der Waals surface area contributed by atoms with Crippen LogP contribution in [0.2, 0.25) is 0 Å². The molecule has 1 fully saturated rings. The average Bonchev–Trinajstić information content (AvgIpc) is 2.72. The molecule has 0 saturated carbocycles. The summed E-state index contributed by atoms with van der Waals surface area (Å²) in [5, 5.41) is -0.0165. The smallest absolute Gasteiger partial charge is 0.433 e. The molecule has 31 heavy (non-hydrogen) atoms. The summed E-state index contributed by atoms with van der Waals surface area (Å²) in [6, 6.07) is 7.51. The Balaban J connectivity index is 1.72. The number of nitrogens with zero attached hydrogens (tertiary/aromatic N) is 3. The normalized spacial score (nSPS) is 19.4. The van der Waals surface area contributed by atoms with Gasteiger partial charge in [-0.05, 0) is 44.2 Å². The van der Waals surface area contributed by atoms with E-state index in [4.69, 9.17) is 9.47 Å². The topological polar surface area (TPSA) is 64.5 Å². The predicted molar refractivity (Wildman–Crippen MR) is 111 cm³/mol. The lowest BCUT2D eigenvalue weighted by Gasteiger charge is -2.35. The zero-order valence-electron chi connectivity index (χ0n) is 17.5. The molecule has 1 aliphatic rings. The van der Waals surface area contributed by atoms with Crippen LogP contribution in [0.3, 0.4) is 0 Å². The predicted octanol–water partition coefficient (Wildman–Crippen LogP) is 4.29. The summed E-state index contributed by atoms with van der Waals surface area (Å²) >= 11 is 1.04. The molecule has 2 unspecified atom stereocenters. The van der Waals surface area contributed by atoms with Crippen molar-refractivity contribution < 1.29 is 27.4 Å². The van der Waals surface area contributed by atoms with E-state index < -0.39 is 11.9 Å². The highest BCUT2D eigenvalue weighted by Gasteiger charge is 2.34. The van der Waals surface area contributed by atoms with Gasteiger partial charge in [0.25, 0.3) is 0 Å². The first kappa shape index (κ1) is 23.3. The fraction of sp³-hybridized carbons (Fsp3) is 0.476. The van der Waals surface area contributed by atoms with E-state index in [-0.39, 0.29) is 41.1 Å². The van der Waals surface area contributed by atoms with Crippen LogP contribution in [0.25, 0.3) is 11.3 Å². The molecular weight excluding hydrogens is 431 g/mol. The summed E-state index contributed by atoms with van der Waals surface area (Å²) in [5.74, 6) is 0.813. The molecule has 0 bridgehead atoms. The number of hydrogen-bond donors (Lipinski definition) is 0. The van der Waals surface area contributed by atoms with Crippen molar-refractivity contribution in [2.75, 3.05) is 26.0 Å². The van der Waals surface area contributed by atoms with E-state index in [1.54, 1.807) is 29.2 Å². The first-order chi connectivity index (χ1) is 14.7. The van der Waals surface area contributed by atoms with E-state index >= 15 is 0 Å². The number of ether oxygens (including phenoxy) is 2. The molecule has 1 aromatic carbocycles. The summed E-state index contributed by atoms with van der Waals surface area (Å²) < 4.78 is 50.8. The molecule has 3 rings (SSSR count). The quantitative estimate of drug-likeness (QED) is 0.478. The van der Waals surface area contributed by atoms with Gasteiger partial charge in [0.1, 0.15) is 11.4 Å². The Kier molecular flexibility index (Phi) is 7.42. The maximum atomic E-state index is 13.4. The molecule has 0 radical (unpaired) electrons. The Morgan fingerprint density at radius 3 is 2.42 bits per heavy atom. The minimum Gasteiger partial charge on any atom is -0.497 e. The molecule has 1 aliphatic heterocycles. The van der Waals surface area contributed by atoms with Crippen molar-refractivity contribution in [3.63, 3.8) is 0 Å². The largest absolute Gasteiger partial charge is 0.497 e. The zero-order valence-corrected chi connectivity index (χ0v) is 18.3. The number of methoxy groups -OCH3 is 1. The van der Waals surface area contributed by atoms with E-state index in [0.29, 0.717) is 24.4 Å². The molecule has 0 spiro atoms. The maximum absolute atomic E-state index is 13.4. The standard InChI is InChI=1S/C21H24F3N3O3S/c1-13-11-27(12-14(2)30-13)19(28)8-9-31-20-25-17(10-18(26-20)21(22,23)24)15-4-6-16(29-3)7-5-15/h4-7,10,13-14H,8-9,11-12H2,1-3H3. The molecule has 2 aromatic rings. The summed E-state index contributed by atoms with van der Waals surface area (Å²) in [6.07, 6.45) is -4.50. The van der Waals surface area contributed by atoms with Gasteiger partial charge in [0.2, 0.25) is 5.91 Å². The van der Waals surface area contributed by atoms with Gasteiger partial charge in [0.05, 0.1) is 25.0 Å². The number of carbonyl (C=O) groups is 1. The Bertz CT molecular complexity index is 899. The number of alkyl halides is 3. The summed E-state index contributed by atoms with van der Waals surface area (Å²) in [7, 11) is 1.51. The molecular formula is C21H24F3N3O3S. The number of rotatable bonds is 6. The fourth-order valence-corrected chi connectivity index (χ4v) is 4.10. The third-order valence-corrected chi connectivity index (χ3v) is 5.55. The van der Waals surface area contributed by atoms with Crippen molar-refractivity contribution >= 4 is 17.7 Å². The summed E-state index contributed by atoms with van der Waals surface area (Å²) in [4.78, 5) is 22.1. The third kappa shape index (κ3) is 6.33. The monoisotopic (exact) mass is 455 g/mol. The molecule has 1 aromatic heterocycles. The minimum atomic E-state index is -4.60. The third-order valence-electron chi connectivity index (χ3n) is 4.70. The molecule has 10 heteroatoms. The average molecular weight is 456 g/mol. The molecule has 2 heterocycles. The van der Waals surface area contributed by atoms with E-state index in [2.05, 4.69) is 9.97 Å². The van der Waals surface area contributed by atoms with Crippen LogP contribution in [0.1, 0.15) is 26.0 Å². The van der Waals surface area contributed by atoms with Crippen LogP contribution in [0.15, 0.2) is 35.5 Å². The van der Waals surface area contributed by atoms with Gasteiger partial charge in [-0.15, -0.1) is 0 Å². The van der Waals surface area contributed by atoms with Crippen LogP contribution in [0.5, 0.6) is 5.75 Å². The second-order valence-electron chi connectivity index (χ2n) is 7.30. The number of benzene rings is 1. The Labute approximate surface area is 183 Å². The van der Waals surface area contributed by atoms with Crippen molar-refractivity contribution in [1.29, 1.82) is 0 Å². The second kappa shape index (κ2) is 9.86. The highest BCUT2D eigenvalue weighted by atomic mass is 32.2. The number of aromatic nitrogens is 2. The van der Waals surface area contributed by atoms with Crippen molar-refractivity contribution in [3.05, 3.63) is 36.0 Å². The lowest BCUT2D eigenvalue weighted by atomic mass is 10.1. The maximum Gasteiger partial charge on any atom is 0.433 e. The first-order valence-electron chi connectivity index (χ1n) is 9.82. The Morgan fingerprint density at radius 2 is 1.84 bits per heavy atom. The molecule has 0 aliphatic carbocycles. The Morgan fingerprint density at radius 1 is 1.19 bits per heavy atom. The highest BCUT2D eigenvalue weighted by molar-refractivity contribution is 7.99. The van der Waals surface area contributed by atoms with Crippen LogP contribution in [0.4, 0.5) is 13.2 Å². The first-order valence-corrected chi connectivity index (χ1v) is 10.8. The van der Waals surface area contributed by atoms with Crippen molar-refractivity contribution in [2.24, 2.45) is 0 Å². The van der Waals surface area contributed by atoms with Crippen LogP contribution < -0.4 is 4.74 Å². The van der Waals surface area contributed by atoms with E-state index in [9.17, 15) is 18.0 Å². The molecule has 0 N–H and O–H groups in total. The van der Waals surface area contributed by atoms with Crippen molar-refractivity contribution in [3.8, 4) is 17.0 Å². The van der Waals surface area contributed by atoms with Crippen LogP contribution in [-0.4, -0.2) is 58.9 Å². The summed E-state index contributed by atoms with van der Waals surface area (Å²) in [6.45, 7) is 4.83. The number of amides is 1. The van der Waals surface area contributed by atoms with Gasteiger partial charge in [-0.3, -0.25) is 4.79 Å². The molecule has 1 amide bonds. The SMILES string of the molecule is COc1ccc(-c2cc(C(F)(F)F)nc(SCCC(=O)N3CC(C)OC(C)C3)n2)cc1. The van der Waals surface area contributed by atoms with Crippen molar-refractivity contribution in [1.82, 2.24) is 14.9 Å². The minimum absolute atomic E-state index is 0.0165. The number of halogens is 3. The molecule has 6 nitrogen and oxygen atoms in total. The number of thioether (sulfide) groups is 1. The van der Waals surface area contributed by atoms with Gasteiger partial charge >= 0.3 is 6.18 Å². The van der Waals surface area contributed by atoms with Gasteiger partial charge in [-0.25, -0.2) is 9.97 Å². The highest BCUT2D eigenvalue weighted by Crippen LogP contribution is 2.32. The van der Waals surface area contributed by atoms with E-state index in [1.165, 1.54) is 7.11 Å². The van der Waals surface area contributed by atoms with E-state index in [1.807, 2.05) is 13.8 Å². The van der Waals surface area contributed by atoms with Crippen LogP contribution in [0, 0.1) is 0 Å². The fourth-order valence-electron chi connectivity index (χ4n) is 3.31. The molecule has 168 valence electrons. The van der Waals surface area contributed by atoms with Gasteiger partial charge < -0.3 is 14.4 Å². The second-order valence-corrected chi connectivity index (χ2v) is 8.36. The van der Waals surface area contributed by atoms with Gasteiger partial charge in [-0.2, -0.15) is 13.2 Å². The van der Waals surface area contributed by atoms with Gasteiger partial charge in [0.15, 0.2) is 5.16 Å². The zero-order chi connectivity index (χ0) is 22.6. The lowest BCUT2D eigenvalue weighted by Crippen LogP contribution is -2.48. The summed E-state index contributed by atoms with van der Waals surface area (Å²) in [5.41, 5.74) is -0.337. The molecule has 2 atom stereocenters. The Hall–Kier alpha value is -2.33. The lowest BCUT2D eigenvalue weighted by molar-refractivity contribution is -0.143. The van der Waals surface area contributed by atoms with Gasteiger partial charge in [0, 0.05) is 30.8 Å². The number of hydrogen-bond acceptors (Lipinski definition) is 6. The van der Waals surface area contributed by atoms with E-state index in [0.717, 1.165) is 17.8 Å². The van der Waals surface area contributed by atoms with Gasteiger partial charge in [-0.1, -0.05) is 11.8 Å². The number of morpholine rings is 1. The van der Waals surface area contributed by atoms with Crippen LogP contribution >= 0.6 is 11.8 Å². The van der Waals surface area contributed by atoms with Crippen LogP contribution in [-0.2, 0) is 15.7 Å². The van der Waals surface area contributed by atoms with Crippen molar-refractivity contribution in [2.45, 2.75) is 43.8 Å². The molecule has 1 saturated heterocycles.